The van der Waals surface area contributed by atoms with E-state index in [0.29, 0.717) is 13.0 Å². The summed E-state index contributed by atoms with van der Waals surface area (Å²) in [5, 5.41) is 2.93. The fourth-order valence-electron chi connectivity index (χ4n) is 3.46. The first-order valence-corrected chi connectivity index (χ1v) is 9.37. The van der Waals surface area contributed by atoms with E-state index in [1.54, 1.807) is 4.90 Å². The van der Waals surface area contributed by atoms with Crippen LogP contribution < -0.4 is 10.2 Å². The Morgan fingerprint density at radius 2 is 1.89 bits per heavy atom. The molecule has 5 nitrogen and oxygen atoms in total. The molecule has 2 aromatic rings. The molecule has 5 heteroatoms. The molecule has 1 saturated heterocycles. The van der Waals surface area contributed by atoms with E-state index in [9.17, 15) is 9.59 Å². The van der Waals surface area contributed by atoms with Gasteiger partial charge in [0, 0.05) is 30.9 Å². The third-order valence-electron chi connectivity index (χ3n) is 4.89. The Bertz CT molecular complexity index is 830. The van der Waals surface area contributed by atoms with Crippen molar-refractivity contribution in [2.75, 3.05) is 30.4 Å². The van der Waals surface area contributed by atoms with Crippen LogP contribution in [0.4, 0.5) is 11.4 Å². The molecule has 2 amide bonds. The third kappa shape index (κ3) is 4.95. The van der Waals surface area contributed by atoms with Crippen LogP contribution in [0.5, 0.6) is 0 Å². The molecule has 0 saturated carbocycles. The van der Waals surface area contributed by atoms with E-state index in [2.05, 4.69) is 37.4 Å². The summed E-state index contributed by atoms with van der Waals surface area (Å²) < 4.78 is 0. The molecule has 0 atom stereocenters. The minimum atomic E-state index is -0.0488. The summed E-state index contributed by atoms with van der Waals surface area (Å²) >= 11 is 0. The number of anilines is 2. The lowest BCUT2D eigenvalue weighted by molar-refractivity contribution is -0.117. The number of nitrogens with zero attached hydrogens (tertiary/aromatic N) is 2. The molecule has 0 radical (unpaired) electrons. The number of amides is 2. The van der Waals surface area contributed by atoms with Crippen molar-refractivity contribution in [3.8, 4) is 0 Å². The molecule has 27 heavy (non-hydrogen) atoms. The summed E-state index contributed by atoms with van der Waals surface area (Å²) in [5.74, 6) is 0.118. The number of hydrogen-bond donors (Lipinski definition) is 1. The fourth-order valence-corrected chi connectivity index (χ4v) is 3.46. The molecular weight excluding hydrogens is 338 g/mol. The minimum Gasteiger partial charge on any atom is -0.325 e. The van der Waals surface area contributed by atoms with E-state index in [1.807, 2.05) is 36.2 Å². The Labute approximate surface area is 161 Å². The molecule has 0 bridgehead atoms. The van der Waals surface area contributed by atoms with Gasteiger partial charge in [-0.3, -0.25) is 14.5 Å². The van der Waals surface area contributed by atoms with Gasteiger partial charge in [0.05, 0.1) is 6.54 Å². The van der Waals surface area contributed by atoms with Crippen molar-refractivity contribution in [3.05, 3.63) is 59.2 Å². The topological polar surface area (TPSA) is 52.7 Å². The molecule has 0 aromatic heterocycles. The summed E-state index contributed by atoms with van der Waals surface area (Å²) in [6.07, 6.45) is 1.52. The number of carbonyl (C=O) groups excluding carboxylic acids is 2. The van der Waals surface area contributed by atoms with Gasteiger partial charge in [0.15, 0.2) is 0 Å². The Morgan fingerprint density at radius 1 is 1.15 bits per heavy atom. The quantitative estimate of drug-likeness (QED) is 0.852. The maximum Gasteiger partial charge on any atom is 0.238 e. The average Bonchev–Trinajstić information content (AvgIpc) is 3.04. The Morgan fingerprint density at radius 3 is 2.52 bits per heavy atom. The van der Waals surface area contributed by atoms with E-state index in [0.717, 1.165) is 30.9 Å². The van der Waals surface area contributed by atoms with Crippen molar-refractivity contribution in [2.24, 2.45) is 0 Å². The second kappa shape index (κ2) is 8.35. The van der Waals surface area contributed by atoms with Gasteiger partial charge in [-0.05, 0) is 62.7 Å². The van der Waals surface area contributed by atoms with Crippen molar-refractivity contribution in [3.63, 3.8) is 0 Å². The highest BCUT2D eigenvalue weighted by Crippen LogP contribution is 2.23. The van der Waals surface area contributed by atoms with Gasteiger partial charge in [0.2, 0.25) is 11.8 Å². The lowest BCUT2D eigenvalue weighted by atomic mass is 10.1. The molecule has 142 valence electrons. The van der Waals surface area contributed by atoms with Crippen LogP contribution in [0.2, 0.25) is 0 Å². The van der Waals surface area contributed by atoms with Crippen molar-refractivity contribution >= 4 is 23.2 Å². The van der Waals surface area contributed by atoms with Crippen LogP contribution in [0.25, 0.3) is 0 Å². The average molecular weight is 365 g/mol. The third-order valence-corrected chi connectivity index (χ3v) is 4.89. The second-order valence-corrected chi connectivity index (χ2v) is 7.35. The zero-order valence-corrected chi connectivity index (χ0v) is 16.3. The lowest BCUT2D eigenvalue weighted by Crippen LogP contribution is -2.30. The van der Waals surface area contributed by atoms with Gasteiger partial charge < -0.3 is 10.2 Å². The van der Waals surface area contributed by atoms with E-state index in [1.165, 1.54) is 16.7 Å². The molecule has 1 fully saturated rings. The van der Waals surface area contributed by atoms with Crippen LogP contribution in [0, 0.1) is 13.8 Å². The molecule has 1 aliphatic heterocycles. The fraction of sp³-hybridized carbons (Fsp3) is 0.364. The lowest BCUT2D eigenvalue weighted by Gasteiger charge is -2.19. The summed E-state index contributed by atoms with van der Waals surface area (Å²) in [6.45, 7) is 6.00. The minimum absolute atomic E-state index is 0.0488. The first-order valence-electron chi connectivity index (χ1n) is 9.37. The van der Waals surface area contributed by atoms with Crippen LogP contribution in [0.3, 0.4) is 0 Å². The summed E-state index contributed by atoms with van der Waals surface area (Å²) in [6, 6.07) is 13.9. The van der Waals surface area contributed by atoms with E-state index >= 15 is 0 Å². The van der Waals surface area contributed by atoms with Crippen molar-refractivity contribution < 1.29 is 9.59 Å². The number of aryl methyl sites for hydroxylation is 2. The second-order valence-electron chi connectivity index (χ2n) is 7.35. The highest BCUT2D eigenvalue weighted by atomic mass is 16.2. The van der Waals surface area contributed by atoms with Crippen molar-refractivity contribution in [1.29, 1.82) is 0 Å². The zero-order valence-electron chi connectivity index (χ0n) is 16.3. The van der Waals surface area contributed by atoms with Gasteiger partial charge in [-0.25, -0.2) is 0 Å². The summed E-state index contributed by atoms with van der Waals surface area (Å²) in [5.41, 5.74) is 5.36. The maximum atomic E-state index is 12.3. The smallest absolute Gasteiger partial charge is 0.238 e. The molecule has 3 rings (SSSR count). The van der Waals surface area contributed by atoms with Gasteiger partial charge in [-0.2, -0.15) is 0 Å². The molecule has 2 aromatic carbocycles. The van der Waals surface area contributed by atoms with Gasteiger partial charge in [-0.15, -0.1) is 0 Å². The first-order chi connectivity index (χ1) is 12.9. The molecule has 1 heterocycles. The van der Waals surface area contributed by atoms with Gasteiger partial charge in [0.1, 0.15) is 0 Å². The van der Waals surface area contributed by atoms with Gasteiger partial charge in [0.25, 0.3) is 0 Å². The Kier molecular flexibility index (Phi) is 5.91. The molecule has 1 N–H and O–H groups in total. The summed E-state index contributed by atoms with van der Waals surface area (Å²) in [7, 11) is 1.95. The van der Waals surface area contributed by atoms with Gasteiger partial charge in [-0.1, -0.05) is 23.8 Å². The van der Waals surface area contributed by atoms with Gasteiger partial charge >= 0.3 is 0 Å². The van der Waals surface area contributed by atoms with Crippen LogP contribution in [-0.4, -0.2) is 36.9 Å². The maximum absolute atomic E-state index is 12.3. The van der Waals surface area contributed by atoms with E-state index < -0.39 is 0 Å². The predicted molar refractivity (Wildman–Crippen MR) is 109 cm³/mol. The predicted octanol–water partition coefficient (Wildman–Crippen LogP) is 3.50. The number of benzene rings is 2. The molecule has 0 aliphatic carbocycles. The normalized spacial score (nSPS) is 14.1. The highest BCUT2D eigenvalue weighted by Gasteiger charge is 2.21. The number of rotatable bonds is 6. The molecular formula is C22H27N3O2. The number of carbonyl (C=O) groups is 2. The number of hydrogen-bond acceptors (Lipinski definition) is 3. The van der Waals surface area contributed by atoms with Crippen LogP contribution in [0.1, 0.15) is 29.5 Å². The SMILES string of the molecule is Cc1ccc(CN(C)CC(=O)Nc2ccc(N3CCCC3=O)cc2)c(C)c1. The van der Waals surface area contributed by atoms with E-state index in [-0.39, 0.29) is 11.8 Å². The van der Waals surface area contributed by atoms with Crippen LogP contribution in [-0.2, 0) is 16.1 Å². The molecule has 0 spiro atoms. The monoisotopic (exact) mass is 365 g/mol. The van der Waals surface area contributed by atoms with Crippen molar-refractivity contribution in [2.45, 2.75) is 33.2 Å². The number of likely N-dealkylation sites (N-methyl/N-ethyl adjacent to an activating group) is 1. The van der Waals surface area contributed by atoms with E-state index in [4.69, 9.17) is 0 Å². The zero-order chi connectivity index (χ0) is 19.4. The first kappa shape index (κ1) is 19.1. The van der Waals surface area contributed by atoms with Crippen molar-refractivity contribution in [1.82, 2.24) is 4.90 Å². The van der Waals surface area contributed by atoms with Crippen LogP contribution >= 0.6 is 0 Å². The Balaban J connectivity index is 1.53. The highest BCUT2D eigenvalue weighted by molar-refractivity contribution is 5.96. The number of nitrogens with one attached hydrogen (secondary N) is 1. The Hall–Kier alpha value is -2.66. The standard InChI is InChI=1S/C22H27N3O2/c1-16-6-7-18(17(2)13-16)14-24(3)15-21(26)23-19-8-10-20(11-9-19)25-12-4-5-22(25)27/h6-11,13H,4-5,12,14-15H2,1-3H3,(H,23,26). The summed E-state index contributed by atoms with van der Waals surface area (Å²) in [4.78, 5) is 27.9. The largest absolute Gasteiger partial charge is 0.325 e. The molecule has 0 unspecified atom stereocenters. The molecule has 1 aliphatic rings. The van der Waals surface area contributed by atoms with Crippen LogP contribution in [0.15, 0.2) is 42.5 Å².